The predicted molar refractivity (Wildman–Crippen MR) is 78.5 cm³/mol. The van der Waals surface area contributed by atoms with Gasteiger partial charge in [0.25, 0.3) is 0 Å². The molecular formula is C13H25N3OS. The maximum atomic E-state index is 12.1. The molecule has 18 heavy (non-hydrogen) atoms. The number of thiocarbonyl (C=S) groups is 1. The number of rotatable bonds is 5. The number of carbonyl (C=O) groups excluding carboxylic acids is 1. The van der Waals surface area contributed by atoms with Crippen molar-refractivity contribution in [3.8, 4) is 0 Å². The molecule has 1 aliphatic carbocycles. The highest BCUT2D eigenvalue weighted by Crippen LogP contribution is 2.33. The average molecular weight is 271 g/mol. The van der Waals surface area contributed by atoms with Crippen LogP contribution in [0, 0.1) is 5.41 Å². The van der Waals surface area contributed by atoms with Crippen molar-refractivity contribution >= 4 is 23.1 Å². The van der Waals surface area contributed by atoms with Crippen LogP contribution in [-0.2, 0) is 4.79 Å². The van der Waals surface area contributed by atoms with Gasteiger partial charge in [-0.15, -0.1) is 0 Å². The van der Waals surface area contributed by atoms with Crippen molar-refractivity contribution in [3.63, 3.8) is 0 Å². The van der Waals surface area contributed by atoms with Crippen molar-refractivity contribution in [3.05, 3.63) is 0 Å². The van der Waals surface area contributed by atoms with Crippen LogP contribution in [0.3, 0.4) is 0 Å². The van der Waals surface area contributed by atoms with Gasteiger partial charge in [0, 0.05) is 12.1 Å². The van der Waals surface area contributed by atoms with E-state index < -0.39 is 5.41 Å². The molecule has 0 aromatic rings. The maximum absolute atomic E-state index is 12.1. The normalized spacial score (nSPS) is 18.9. The second kappa shape index (κ2) is 5.53. The van der Waals surface area contributed by atoms with Crippen LogP contribution in [0.2, 0.25) is 0 Å². The number of hydrogen-bond donors (Lipinski definition) is 2. The van der Waals surface area contributed by atoms with E-state index in [2.05, 4.69) is 24.3 Å². The van der Waals surface area contributed by atoms with Crippen LogP contribution >= 0.6 is 12.2 Å². The Kier molecular flexibility index (Phi) is 4.72. The molecule has 1 rings (SSSR count). The Bertz CT molecular complexity index is 333. The number of nitrogens with one attached hydrogen (secondary N) is 1. The standard InChI is InChI=1S/C13H25N3OS/c1-12(2,10(14)18)11(17)15-9-13(16(3)4)7-5-6-8-13/h5-9H2,1-4H3,(H2,14,18)(H,15,17). The van der Waals surface area contributed by atoms with Crippen molar-refractivity contribution < 1.29 is 4.79 Å². The Morgan fingerprint density at radius 2 is 1.89 bits per heavy atom. The SMILES string of the molecule is CN(C)C1(CNC(=O)C(C)(C)C(N)=S)CCCC1. The van der Waals surface area contributed by atoms with Crippen LogP contribution in [0.15, 0.2) is 0 Å². The summed E-state index contributed by atoms with van der Waals surface area (Å²) in [7, 11) is 4.16. The first-order chi connectivity index (χ1) is 8.22. The zero-order valence-electron chi connectivity index (χ0n) is 11.9. The maximum Gasteiger partial charge on any atom is 0.232 e. The lowest BCUT2D eigenvalue weighted by Crippen LogP contribution is -2.54. The van der Waals surface area contributed by atoms with E-state index in [9.17, 15) is 4.79 Å². The van der Waals surface area contributed by atoms with Gasteiger partial charge < -0.3 is 16.0 Å². The monoisotopic (exact) mass is 271 g/mol. The quantitative estimate of drug-likeness (QED) is 0.740. The zero-order valence-corrected chi connectivity index (χ0v) is 12.7. The Labute approximate surface area is 115 Å². The topological polar surface area (TPSA) is 58.4 Å². The number of carbonyl (C=O) groups is 1. The molecule has 1 saturated carbocycles. The highest BCUT2D eigenvalue weighted by Gasteiger charge is 2.38. The van der Waals surface area contributed by atoms with Crippen LogP contribution in [0.5, 0.6) is 0 Å². The van der Waals surface area contributed by atoms with E-state index in [0.29, 0.717) is 6.54 Å². The first kappa shape index (κ1) is 15.4. The summed E-state index contributed by atoms with van der Waals surface area (Å²) in [5, 5.41) is 3.02. The van der Waals surface area contributed by atoms with Gasteiger partial charge in [0.05, 0.1) is 10.4 Å². The fourth-order valence-electron chi connectivity index (χ4n) is 2.39. The Hall–Kier alpha value is -0.680. The van der Waals surface area contributed by atoms with Gasteiger partial charge >= 0.3 is 0 Å². The second-order valence-corrected chi connectivity index (χ2v) is 6.44. The third kappa shape index (κ3) is 3.01. The van der Waals surface area contributed by atoms with E-state index in [-0.39, 0.29) is 16.4 Å². The summed E-state index contributed by atoms with van der Waals surface area (Å²) in [6, 6.07) is 0. The van der Waals surface area contributed by atoms with Crippen LogP contribution in [0.1, 0.15) is 39.5 Å². The number of likely N-dealkylation sites (N-methyl/N-ethyl adjacent to an activating group) is 1. The first-order valence-electron chi connectivity index (χ1n) is 6.48. The molecule has 1 aliphatic rings. The molecule has 1 amide bonds. The number of nitrogens with two attached hydrogens (primary N) is 1. The van der Waals surface area contributed by atoms with E-state index >= 15 is 0 Å². The number of hydrogen-bond acceptors (Lipinski definition) is 3. The van der Waals surface area contributed by atoms with Crippen LogP contribution in [0.25, 0.3) is 0 Å². The van der Waals surface area contributed by atoms with Gasteiger partial charge in [-0.2, -0.15) is 0 Å². The van der Waals surface area contributed by atoms with Crippen LogP contribution in [-0.4, -0.2) is 42.0 Å². The van der Waals surface area contributed by atoms with Crippen molar-refractivity contribution in [1.82, 2.24) is 10.2 Å². The molecule has 104 valence electrons. The fraction of sp³-hybridized carbons (Fsp3) is 0.846. The molecule has 0 aromatic carbocycles. The lowest BCUT2D eigenvalue weighted by molar-refractivity contribution is -0.126. The van der Waals surface area contributed by atoms with Gasteiger partial charge in [0.15, 0.2) is 0 Å². The lowest BCUT2D eigenvalue weighted by Gasteiger charge is -2.37. The molecule has 0 radical (unpaired) electrons. The smallest absolute Gasteiger partial charge is 0.232 e. The third-order valence-corrected chi connectivity index (χ3v) is 4.75. The van der Waals surface area contributed by atoms with Gasteiger partial charge in [-0.3, -0.25) is 4.79 Å². The summed E-state index contributed by atoms with van der Waals surface area (Å²) < 4.78 is 0. The van der Waals surface area contributed by atoms with Crippen molar-refractivity contribution in [2.45, 2.75) is 45.1 Å². The summed E-state index contributed by atoms with van der Waals surface area (Å²) in [5.41, 5.74) is 4.93. The molecule has 0 aliphatic heterocycles. The summed E-state index contributed by atoms with van der Waals surface area (Å²) in [5.74, 6) is -0.0804. The van der Waals surface area contributed by atoms with E-state index in [1.165, 1.54) is 12.8 Å². The fourth-order valence-corrected chi connectivity index (χ4v) is 2.49. The van der Waals surface area contributed by atoms with Gasteiger partial charge in [0.2, 0.25) is 5.91 Å². The molecule has 0 spiro atoms. The largest absolute Gasteiger partial charge is 0.392 e. The molecule has 0 unspecified atom stereocenters. The predicted octanol–water partition coefficient (Wildman–Crippen LogP) is 1.29. The molecule has 1 fully saturated rings. The average Bonchev–Trinajstić information content (AvgIpc) is 2.75. The van der Waals surface area contributed by atoms with E-state index in [4.69, 9.17) is 18.0 Å². The Morgan fingerprint density at radius 1 is 1.39 bits per heavy atom. The molecule has 0 atom stereocenters. The summed E-state index contributed by atoms with van der Waals surface area (Å²) in [4.78, 5) is 14.6. The summed E-state index contributed by atoms with van der Waals surface area (Å²) >= 11 is 4.94. The summed E-state index contributed by atoms with van der Waals surface area (Å²) in [6.07, 6.45) is 4.72. The molecule has 4 nitrogen and oxygen atoms in total. The minimum Gasteiger partial charge on any atom is -0.392 e. The lowest BCUT2D eigenvalue weighted by atomic mass is 9.90. The van der Waals surface area contributed by atoms with Crippen molar-refractivity contribution in [1.29, 1.82) is 0 Å². The Balaban J connectivity index is 2.64. The molecule has 5 heteroatoms. The molecular weight excluding hydrogens is 246 g/mol. The molecule has 0 saturated heterocycles. The van der Waals surface area contributed by atoms with Gasteiger partial charge in [-0.25, -0.2) is 0 Å². The molecule has 3 N–H and O–H groups in total. The minimum atomic E-state index is -0.776. The van der Waals surface area contributed by atoms with E-state index in [1.54, 1.807) is 13.8 Å². The van der Waals surface area contributed by atoms with Gasteiger partial charge in [0.1, 0.15) is 0 Å². The van der Waals surface area contributed by atoms with Gasteiger partial charge in [-0.1, -0.05) is 25.1 Å². The van der Waals surface area contributed by atoms with E-state index in [1.807, 2.05) is 0 Å². The highest BCUT2D eigenvalue weighted by atomic mass is 32.1. The highest BCUT2D eigenvalue weighted by molar-refractivity contribution is 7.80. The van der Waals surface area contributed by atoms with Crippen molar-refractivity contribution in [2.75, 3.05) is 20.6 Å². The zero-order chi connectivity index (χ0) is 14.0. The Morgan fingerprint density at radius 3 is 2.28 bits per heavy atom. The van der Waals surface area contributed by atoms with E-state index in [0.717, 1.165) is 12.8 Å². The second-order valence-electron chi connectivity index (χ2n) is 6.00. The van der Waals surface area contributed by atoms with Gasteiger partial charge in [-0.05, 0) is 40.8 Å². The van der Waals surface area contributed by atoms with Crippen molar-refractivity contribution in [2.24, 2.45) is 11.1 Å². The van der Waals surface area contributed by atoms with Crippen LogP contribution < -0.4 is 11.1 Å². The third-order valence-electron chi connectivity index (χ3n) is 4.24. The number of nitrogens with zero attached hydrogens (tertiary/aromatic N) is 1. The summed E-state index contributed by atoms with van der Waals surface area (Å²) in [6.45, 7) is 4.20. The first-order valence-corrected chi connectivity index (χ1v) is 6.89. The molecule has 0 heterocycles. The van der Waals surface area contributed by atoms with Crippen LogP contribution in [0.4, 0.5) is 0 Å². The molecule has 0 aromatic heterocycles. The molecule has 0 bridgehead atoms. The minimum absolute atomic E-state index is 0.0804. The number of amides is 1.